The highest BCUT2D eigenvalue weighted by Crippen LogP contribution is 2.28. The molecule has 0 aliphatic carbocycles. The summed E-state index contributed by atoms with van der Waals surface area (Å²) in [5.41, 5.74) is 1.40. The van der Waals surface area contributed by atoms with E-state index in [2.05, 4.69) is 0 Å². The Bertz CT molecular complexity index is 1340. The van der Waals surface area contributed by atoms with Gasteiger partial charge in [0.05, 0.1) is 31.0 Å². The van der Waals surface area contributed by atoms with Crippen LogP contribution in [0.15, 0.2) is 71.6 Å². The van der Waals surface area contributed by atoms with Crippen LogP contribution in [0.25, 0.3) is 0 Å². The highest BCUT2D eigenvalue weighted by atomic mass is 35.5. The van der Waals surface area contributed by atoms with Crippen molar-refractivity contribution in [3.8, 4) is 11.5 Å². The number of aliphatic hydroxyl groups is 1. The molecule has 1 atom stereocenters. The van der Waals surface area contributed by atoms with Crippen molar-refractivity contribution < 1.29 is 31.4 Å². The molecule has 0 fully saturated rings. The average Bonchev–Trinajstić information content (AvgIpc) is 2.83. The zero-order chi connectivity index (χ0) is 26.5. The Balaban J connectivity index is 1.94. The van der Waals surface area contributed by atoms with E-state index in [0.29, 0.717) is 22.6 Å². The zero-order valence-corrected chi connectivity index (χ0v) is 22.5. The maximum atomic E-state index is 13.5. The van der Waals surface area contributed by atoms with E-state index in [9.17, 15) is 21.9 Å². The van der Waals surface area contributed by atoms with Crippen LogP contribution in [0.2, 0.25) is 5.02 Å². The number of sulfonamides is 1. The number of methoxy groups -OCH3 is 2. The summed E-state index contributed by atoms with van der Waals surface area (Å²) in [4.78, 5) is -0.213. The Morgan fingerprint density at radius 2 is 1.31 bits per heavy atom. The minimum Gasteiger partial charge on any atom is -0.497 e. The topological polar surface area (TPSA) is 110 Å². The Kier molecular flexibility index (Phi) is 9.02. The fourth-order valence-corrected chi connectivity index (χ4v) is 6.31. The van der Waals surface area contributed by atoms with Crippen molar-refractivity contribution >= 4 is 31.5 Å². The molecule has 0 heterocycles. The first-order chi connectivity index (χ1) is 16.9. The third kappa shape index (κ3) is 7.21. The van der Waals surface area contributed by atoms with Gasteiger partial charge in [0.2, 0.25) is 10.0 Å². The molecule has 8 nitrogen and oxygen atoms in total. The molecule has 1 N–H and O–H groups in total. The molecule has 3 rings (SSSR count). The van der Waals surface area contributed by atoms with E-state index in [-0.39, 0.29) is 28.6 Å². The van der Waals surface area contributed by atoms with Crippen LogP contribution in [0.4, 0.5) is 0 Å². The van der Waals surface area contributed by atoms with Crippen LogP contribution in [-0.2, 0) is 33.0 Å². The van der Waals surface area contributed by atoms with Gasteiger partial charge < -0.3 is 14.6 Å². The van der Waals surface area contributed by atoms with Crippen LogP contribution in [0.3, 0.4) is 0 Å². The van der Waals surface area contributed by atoms with Crippen molar-refractivity contribution in [2.75, 3.05) is 26.2 Å². The van der Waals surface area contributed by atoms with Gasteiger partial charge in [-0.3, -0.25) is 0 Å². The predicted octanol–water partition coefficient (Wildman–Crippen LogP) is 3.83. The average molecular weight is 554 g/mol. The molecule has 0 aliphatic heterocycles. The molecular weight excluding hydrogens is 526 g/mol. The second-order valence-corrected chi connectivity index (χ2v) is 12.6. The Hall–Kier alpha value is -2.63. The fourth-order valence-electron chi connectivity index (χ4n) is 3.62. The molecule has 0 saturated carbocycles. The van der Waals surface area contributed by atoms with E-state index in [1.807, 2.05) is 0 Å². The molecule has 0 bridgehead atoms. The summed E-state index contributed by atoms with van der Waals surface area (Å²) in [6, 6.07) is 17.9. The molecule has 36 heavy (non-hydrogen) atoms. The number of halogens is 1. The number of sulfone groups is 1. The van der Waals surface area contributed by atoms with Gasteiger partial charge in [-0.2, -0.15) is 4.31 Å². The van der Waals surface area contributed by atoms with Crippen molar-refractivity contribution in [1.82, 2.24) is 4.31 Å². The monoisotopic (exact) mass is 553 g/mol. The molecule has 0 aliphatic rings. The molecule has 3 aromatic carbocycles. The van der Waals surface area contributed by atoms with Gasteiger partial charge >= 0.3 is 0 Å². The normalized spacial score (nSPS) is 12.9. The van der Waals surface area contributed by atoms with Crippen LogP contribution in [0.1, 0.15) is 22.8 Å². The van der Waals surface area contributed by atoms with Crippen molar-refractivity contribution in [1.29, 1.82) is 0 Å². The van der Waals surface area contributed by atoms with Gasteiger partial charge in [-0.15, -0.1) is 0 Å². The maximum absolute atomic E-state index is 13.5. The molecule has 11 heteroatoms. The molecule has 194 valence electrons. The van der Waals surface area contributed by atoms with Crippen LogP contribution < -0.4 is 9.47 Å². The van der Waals surface area contributed by atoms with Crippen molar-refractivity contribution in [3.63, 3.8) is 0 Å². The highest BCUT2D eigenvalue weighted by molar-refractivity contribution is 7.90. The van der Waals surface area contributed by atoms with Crippen LogP contribution >= 0.6 is 11.6 Å². The van der Waals surface area contributed by atoms with Crippen molar-refractivity contribution in [2.45, 2.75) is 24.1 Å². The lowest BCUT2D eigenvalue weighted by Gasteiger charge is -2.25. The smallest absolute Gasteiger partial charge is 0.217 e. The van der Waals surface area contributed by atoms with Gasteiger partial charge in [0.25, 0.3) is 0 Å². The summed E-state index contributed by atoms with van der Waals surface area (Å²) < 4.78 is 63.2. The SMILES string of the molecule is COc1ccc(CN(Cc2ccc(OC)cc2)S(=O)(=O)C[C@@H](O)c2ccc(Cl)cc2S(C)(=O)=O)cc1. The summed E-state index contributed by atoms with van der Waals surface area (Å²) in [6.07, 6.45) is -0.616. The number of ether oxygens (including phenoxy) is 2. The first-order valence-corrected chi connectivity index (χ1v) is 14.7. The van der Waals surface area contributed by atoms with E-state index in [4.69, 9.17) is 21.1 Å². The Morgan fingerprint density at radius 3 is 1.72 bits per heavy atom. The van der Waals surface area contributed by atoms with Gasteiger partial charge in [0.1, 0.15) is 11.5 Å². The standard InChI is InChI=1S/C25H28ClNO7S2/c1-33-21-9-4-18(5-10-21)15-27(16-19-6-11-22(34-2)12-7-19)36(31,32)17-24(28)23-13-8-20(26)14-25(23)35(3,29)30/h4-14,24,28H,15-17H2,1-3H3/t24-/m1/s1. The van der Waals surface area contributed by atoms with Crippen molar-refractivity contribution in [3.05, 3.63) is 88.4 Å². The van der Waals surface area contributed by atoms with Gasteiger partial charge in [0, 0.05) is 29.9 Å². The Morgan fingerprint density at radius 1 is 0.833 bits per heavy atom. The third-order valence-electron chi connectivity index (χ3n) is 5.53. The minimum atomic E-state index is -4.08. The second-order valence-electron chi connectivity index (χ2n) is 8.21. The van der Waals surface area contributed by atoms with E-state index >= 15 is 0 Å². The maximum Gasteiger partial charge on any atom is 0.217 e. The number of hydrogen-bond acceptors (Lipinski definition) is 7. The molecule has 0 saturated heterocycles. The first kappa shape index (κ1) is 27.9. The van der Waals surface area contributed by atoms with Crippen LogP contribution in [-0.4, -0.2) is 52.5 Å². The zero-order valence-electron chi connectivity index (χ0n) is 20.1. The largest absolute Gasteiger partial charge is 0.497 e. The number of hydrogen-bond donors (Lipinski definition) is 1. The molecule has 0 aromatic heterocycles. The van der Waals surface area contributed by atoms with E-state index in [1.165, 1.54) is 22.5 Å². The summed E-state index contributed by atoms with van der Waals surface area (Å²) in [5.74, 6) is 0.549. The summed E-state index contributed by atoms with van der Waals surface area (Å²) in [6.45, 7) is 0.0647. The van der Waals surface area contributed by atoms with Crippen LogP contribution in [0, 0.1) is 0 Å². The molecule has 0 radical (unpaired) electrons. The molecule has 0 amide bonds. The summed E-state index contributed by atoms with van der Waals surface area (Å²) in [5, 5.41) is 11.0. The highest BCUT2D eigenvalue weighted by Gasteiger charge is 2.29. The molecule has 0 spiro atoms. The quantitative estimate of drug-likeness (QED) is 0.384. The van der Waals surface area contributed by atoms with Crippen molar-refractivity contribution in [2.24, 2.45) is 0 Å². The molecule has 3 aromatic rings. The van der Waals surface area contributed by atoms with E-state index in [1.54, 1.807) is 62.8 Å². The lowest BCUT2D eigenvalue weighted by molar-refractivity contribution is 0.195. The van der Waals surface area contributed by atoms with Gasteiger partial charge in [0.15, 0.2) is 9.84 Å². The number of aliphatic hydroxyl groups excluding tert-OH is 1. The summed E-state index contributed by atoms with van der Waals surface area (Å²) in [7, 11) is -4.76. The van der Waals surface area contributed by atoms with Gasteiger partial charge in [-0.1, -0.05) is 41.9 Å². The van der Waals surface area contributed by atoms with Crippen LogP contribution in [0.5, 0.6) is 11.5 Å². The predicted molar refractivity (Wildman–Crippen MR) is 139 cm³/mol. The van der Waals surface area contributed by atoms with E-state index < -0.39 is 31.7 Å². The lowest BCUT2D eigenvalue weighted by atomic mass is 10.1. The minimum absolute atomic E-state index is 0.0284. The lowest BCUT2D eigenvalue weighted by Crippen LogP contribution is -2.34. The van der Waals surface area contributed by atoms with Gasteiger partial charge in [-0.05, 0) is 47.5 Å². The third-order valence-corrected chi connectivity index (χ3v) is 8.70. The molecular formula is C25H28ClNO7S2. The second kappa shape index (κ2) is 11.6. The number of benzene rings is 3. The fraction of sp³-hybridized carbons (Fsp3) is 0.280. The first-order valence-electron chi connectivity index (χ1n) is 10.8. The summed E-state index contributed by atoms with van der Waals surface area (Å²) >= 11 is 5.94. The van der Waals surface area contributed by atoms with E-state index in [0.717, 1.165) is 6.26 Å². The number of rotatable bonds is 11. The van der Waals surface area contributed by atoms with Gasteiger partial charge in [-0.25, -0.2) is 16.8 Å². The molecule has 0 unspecified atom stereocenters. The Labute approximate surface area is 217 Å². The number of nitrogens with zero attached hydrogens (tertiary/aromatic N) is 1.